The van der Waals surface area contributed by atoms with Crippen LogP contribution in [0.4, 0.5) is 9.59 Å². The third-order valence-corrected chi connectivity index (χ3v) is 8.52. The molecule has 22 heavy (non-hydrogen) atoms. The van der Waals surface area contributed by atoms with E-state index >= 15 is 0 Å². The largest absolute Gasteiger partial charge is 0.396 e. The van der Waals surface area contributed by atoms with E-state index in [1.165, 1.54) is 0 Å². The van der Waals surface area contributed by atoms with Gasteiger partial charge in [0.05, 0.1) is 5.60 Å². The highest BCUT2D eigenvalue weighted by Gasteiger charge is 2.59. The Hall–Kier alpha value is -0.883. The molecule has 0 aliphatic carbocycles. The molecule has 0 aromatic heterocycles. The van der Waals surface area contributed by atoms with Gasteiger partial charge in [0.25, 0.3) is 0 Å². The first-order valence-electron chi connectivity index (χ1n) is 8.56. The lowest BCUT2D eigenvalue weighted by Gasteiger charge is -2.44. The number of hydrogen-bond acceptors (Lipinski definition) is 3. The first-order valence-corrected chi connectivity index (χ1v) is 10.7. The van der Waals surface area contributed by atoms with Crippen LogP contribution < -0.4 is 0 Å². The summed E-state index contributed by atoms with van der Waals surface area (Å²) < 4.78 is 6.31. The molecule has 0 saturated carbocycles. The van der Waals surface area contributed by atoms with E-state index in [-0.39, 0.29) is 11.1 Å². The fraction of sp³-hybridized carbons (Fsp3) is 0.875. The minimum atomic E-state index is -3.16. The van der Waals surface area contributed by atoms with Crippen molar-refractivity contribution in [2.75, 3.05) is 26.2 Å². The first kappa shape index (κ1) is 19.2. The van der Waals surface area contributed by atoms with E-state index in [1.807, 2.05) is 41.5 Å². The summed E-state index contributed by atoms with van der Waals surface area (Å²) in [6.45, 7) is 14.3. The van der Waals surface area contributed by atoms with Gasteiger partial charge in [0.1, 0.15) is 0 Å². The summed E-state index contributed by atoms with van der Waals surface area (Å²) in [5.41, 5.74) is -0.472. The van der Waals surface area contributed by atoms with E-state index in [1.54, 1.807) is 9.80 Å². The maximum atomic E-state index is 13.2. The molecule has 0 atom stereocenters. The summed E-state index contributed by atoms with van der Waals surface area (Å²) in [5.74, 6) is 0. The molecule has 1 rings (SSSR count). The molecule has 0 bridgehead atoms. The highest BCUT2D eigenvalue weighted by molar-refractivity contribution is 7.20. The third kappa shape index (κ3) is 3.71. The second-order valence-corrected chi connectivity index (χ2v) is 9.71. The number of carbonyl (C=O) groups excluding carboxylic acids is 2. The molecule has 1 aliphatic rings. The average Bonchev–Trinajstić information content (AvgIpc) is 2.48. The smallest absolute Gasteiger partial charge is 0.390 e. The predicted molar refractivity (Wildman–Crippen MR) is 91.6 cm³/mol. The van der Waals surface area contributed by atoms with Gasteiger partial charge >= 0.3 is 8.32 Å². The average molecular weight is 329 g/mol. The summed E-state index contributed by atoms with van der Waals surface area (Å²) in [6, 6.07) is 0.612. The number of carbonyl (C=O) groups is 2. The second kappa shape index (κ2) is 7.59. The van der Waals surface area contributed by atoms with Gasteiger partial charge in [-0.15, -0.1) is 0 Å². The first-order chi connectivity index (χ1) is 10.3. The number of rotatable bonds is 6. The molecule has 0 radical (unpaired) electrons. The molecule has 128 valence electrons. The summed E-state index contributed by atoms with van der Waals surface area (Å²) in [6.07, 6.45) is 1.79. The Morgan fingerprint density at radius 2 is 1.36 bits per heavy atom. The van der Waals surface area contributed by atoms with Crippen LogP contribution in [-0.2, 0) is 4.43 Å². The van der Waals surface area contributed by atoms with Crippen LogP contribution in [0.1, 0.15) is 54.4 Å². The van der Waals surface area contributed by atoms with Crippen molar-refractivity contribution in [1.29, 1.82) is 0 Å². The van der Waals surface area contributed by atoms with Crippen LogP contribution in [0.15, 0.2) is 0 Å². The Morgan fingerprint density at radius 1 is 0.955 bits per heavy atom. The summed E-state index contributed by atoms with van der Waals surface area (Å²) in [4.78, 5) is 29.9. The lowest BCUT2D eigenvalue weighted by molar-refractivity contribution is 0.0685. The maximum absolute atomic E-state index is 13.2. The quantitative estimate of drug-likeness (QED) is 0.700. The van der Waals surface area contributed by atoms with Crippen LogP contribution in [0.25, 0.3) is 0 Å². The van der Waals surface area contributed by atoms with E-state index in [2.05, 4.69) is 0 Å². The Bertz CT molecular complexity index is 380. The highest BCUT2D eigenvalue weighted by atomic mass is 28.4. The standard InChI is InChI=1S/C16H32N2O3Si/c1-7-17(8-2)14(19)22(15(20)18(9-3)10-4)13-11-12-16(5,6)21-22/h7-13H2,1-6H3. The third-order valence-electron chi connectivity index (χ3n) is 4.55. The van der Waals surface area contributed by atoms with Gasteiger partial charge in [0.2, 0.25) is 11.1 Å². The monoisotopic (exact) mass is 328 g/mol. The van der Waals surface area contributed by atoms with Crippen LogP contribution in [0, 0.1) is 0 Å². The zero-order chi connectivity index (χ0) is 17.0. The predicted octanol–water partition coefficient (Wildman–Crippen LogP) is 3.61. The van der Waals surface area contributed by atoms with Gasteiger partial charge in [0, 0.05) is 26.2 Å². The van der Waals surface area contributed by atoms with Crippen molar-refractivity contribution >= 4 is 19.4 Å². The minimum Gasteiger partial charge on any atom is -0.396 e. The molecule has 0 unspecified atom stereocenters. The molecule has 0 aromatic rings. The zero-order valence-corrected chi connectivity index (χ0v) is 16.1. The Kier molecular flexibility index (Phi) is 6.61. The Balaban J connectivity index is 3.26. The summed E-state index contributed by atoms with van der Waals surface area (Å²) in [5, 5.41) is 0. The van der Waals surface area contributed by atoms with Crippen molar-refractivity contribution in [3.05, 3.63) is 0 Å². The van der Waals surface area contributed by atoms with Crippen molar-refractivity contribution in [3.63, 3.8) is 0 Å². The summed E-state index contributed by atoms with van der Waals surface area (Å²) >= 11 is 0. The SMILES string of the molecule is CCN(CC)C(=O)[Si]1(C(=O)N(CC)CC)CCCC(C)(C)O1. The van der Waals surface area contributed by atoms with Crippen LogP contribution in [0.3, 0.4) is 0 Å². The Labute approximate surface area is 136 Å². The van der Waals surface area contributed by atoms with E-state index in [0.717, 1.165) is 12.8 Å². The van der Waals surface area contributed by atoms with Gasteiger partial charge in [-0.3, -0.25) is 9.59 Å². The summed E-state index contributed by atoms with van der Waals surface area (Å²) in [7, 11) is -3.16. The molecule has 6 heteroatoms. The van der Waals surface area contributed by atoms with Crippen LogP contribution in [0.2, 0.25) is 6.04 Å². The number of amides is 2. The molecule has 0 spiro atoms. The zero-order valence-electron chi connectivity index (χ0n) is 15.1. The van der Waals surface area contributed by atoms with Crippen LogP contribution in [0.5, 0.6) is 0 Å². The van der Waals surface area contributed by atoms with Gasteiger partial charge in [0.15, 0.2) is 0 Å². The minimum absolute atomic E-state index is 0.0397. The van der Waals surface area contributed by atoms with Gasteiger partial charge in [-0.05, 0) is 60.4 Å². The van der Waals surface area contributed by atoms with Crippen LogP contribution >= 0.6 is 0 Å². The van der Waals surface area contributed by atoms with Crippen molar-refractivity contribution in [3.8, 4) is 0 Å². The lowest BCUT2D eigenvalue weighted by atomic mass is 10.0. The van der Waals surface area contributed by atoms with E-state index in [9.17, 15) is 9.59 Å². The van der Waals surface area contributed by atoms with Gasteiger partial charge in [-0.2, -0.15) is 0 Å². The molecule has 2 amide bonds. The van der Waals surface area contributed by atoms with Crippen molar-refractivity contribution in [1.82, 2.24) is 9.80 Å². The number of nitrogens with zero attached hydrogens (tertiary/aromatic N) is 2. The second-order valence-electron chi connectivity index (χ2n) is 6.50. The molecule has 1 heterocycles. The molecule has 0 N–H and O–H groups in total. The van der Waals surface area contributed by atoms with Crippen molar-refractivity contribution in [2.24, 2.45) is 0 Å². The van der Waals surface area contributed by atoms with Gasteiger partial charge in [-0.1, -0.05) is 0 Å². The fourth-order valence-electron chi connectivity index (χ4n) is 3.26. The van der Waals surface area contributed by atoms with Crippen molar-refractivity contribution < 1.29 is 14.0 Å². The molecular weight excluding hydrogens is 296 g/mol. The van der Waals surface area contributed by atoms with Crippen molar-refractivity contribution in [2.45, 2.75) is 66.0 Å². The van der Waals surface area contributed by atoms with Gasteiger partial charge < -0.3 is 14.2 Å². The van der Waals surface area contributed by atoms with E-state index in [4.69, 9.17) is 4.43 Å². The fourth-order valence-corrected chi connectivity index (χ4v) is 7.52. The van der Waals surface area contributed by atoms with Gasteiger partial charge in [-0.25, -0.2) is 0 Å². The Morgan fingerprint density at radius 3 is 1.68 bits per heavy atom. The molecule has 1 saturated heterocycles. The maximum Gasteiger partial charge on any atom is 0.390 e. The molecule has 5 nitrogen and oxygen atoms in total. The highest BCUT2D eigenvalue weighted by Crippen LogP contribution is 2.36. The topological polar surface area (TPSA) is 49.9 Å². The normalized spacial score (nSPS) is 19.5. The van der Waals surface area contributed by atoms with Crippen LogP contribution in [-0.4, -0.2) is 61.0 Å². The van der Waals surface area contributed by atoms with E-state index in [0.29, 0.717) is 32.2 Å². The number of hydrogen-bond donors (Lipinski definition) is 0. The van der Waals surface area contributed by atoms with E-state index < -0.39 is 13.9 Å². The molecule has 1 fully saturated rings. The molecule has 1 aliphatic heterocycles. The lowest BCUT2D eigenvalue weighted by Crippen LogP contribution is -2.67. The molecular formula is C16H32N2O3Si. The molecule has 0 aromatic carbocycles.